The molecule has 1 fully saturated rings. The fourth-order valence-electron chi connectivity index (χ4n) is 2.36. The van der Waals surface area contributed by atoms with Crippen molar-refractivity contribution in [2.24, 2.45) is 5.92 Å². The minimum Gasteiger partial charge on any atom is -0.244 e. The molecule has 0 atom stereocenters. The van der Waals surface area contributed by atoms with Gasteiger partial charge < -0.3 is 0 Å². The van der Waals surface area contributed by atoms with Crippen molar-refractivity contribution in [2.75, 3.05) is 0 Å². The van der Waals surface area contributed by atoms with E-state index in [0.29, 0.717) is 0 Å². The highest BCUT2D eigenvalue weighted by Crippen LogP contribution is 2.23. The predicted octanol–water partition coefficient (Wildman–Crippen LogP) is 2.13. The van der Waals surface area contributed by atoms with Gasteiger partial charge in [0.25, 0.3) is 0 Å². The molecule has 92 valence electrons. The van der Waals surface area contributed by atoms with Crippen molar-refractivity contribution >= 4 is 5.97 Å². The molecule has 0 amide bonds. The molecule has 1 aliphatic carbocycles. The number of hydrogen-bond donors (Lipinski definition) is 0. The summed E-state index contributed by atoms with van der Waals surface area (Å²) in [5.74, 6) is 0.0126. The second-order valence-electron chi connectivity index (χ2n) is 4.92. The summed E-state index contributed by atoms with van der Waals surface area (Å²) in [5, 5.41) is 0. The highest BCUT2D eigenvalue weighted by Gasteiger charge is 2.26. The number of carbonyl (C=O) groups excluding carboxylic acids is 1. The summed E-state index contributed by atoms with van der Waals surface area (Å²) in [7, 11) is 0. The molecule has 1 aromatic heterocycles. The Balaban J connectivity index is 2.02. The zero-order valence-corrected chi connectivity index (χ0v) is 10.6. The highest BCUT2D eigenvalue weighted by molar-refractivity contribution is 5.72. The van der Waals surface area contributed by atoms with Crippen LogP contribution in [-0.4, -0.2) is 5.97 Å². The molecule has 0 bridgehead atoms. The second-order valence-corrected chi connectivity index (χ2v) is 4.92. The van der Waals surface area contributed by atoms with Gasteiger partial charge in [-0.05, 0) is 25.3 Å². The first-order valence-corrected chi connectivity index (χ1v) is 6.38. The van der Waals surface area contributed by atoms with Gasteiger partial charge in [-0.3, -0.25) is 0 Å². The highest BCUT2D eigenvalue weighted by atomic mass is 16.7. The summed E-state index contributed by atoms with van der Waals surface area (Å²) in [4.78, 5) is 17.4. The molecule has 2 rings (SSSR count). The number of pyridine rings is 1. The van der Waals surface area contributed by atoms with Gasteiger partial charge in [-0.25, -0.2) is 4.79 Å². The first-order chi connectivity index (χ1) is 8.16. The number of aryl methyl sites for hydroxylation is 2. The average Bonchev–Trinajstić information content (AvgIpc) is 2.34. The molecule has 1 aliphatic rings. The van der Waals surface area contributed by atoms with E-state index < -0.39 is 0 Å². The quantitative estimate of drug-likeness (QED) is 0.734. The van der Waals surface area contributed by atoms with Crippen molar-refractivity contribution < 1.29 is 14.4 Å². The number of carbonyl (C=O) groups is 1. The Morgan fingerprint density at radius 2 is 2.00 bits per heavy atom. The fraction of sp³-hybridized carbons (Fsp3) is 0.571. The van der Waals surface area contributed by atoms with Crippen LogP contribution in [0.4, 0.5) is 0 Å². The van der Waals surface area contributed by atoms with Gasteiger partial charge in [-0.1, -0.05) is 19.3 Å². The lowest BCUT2D eigenvalue weighted by Gasteiger charge is -2.17. The molecule has 3 heteroatoms. The molecule has 17 heavy (non-hydrogen) atoms. The van der Waals surface area contributed by atoms with Gasteiger partial charge in [0, 0.05) is 23.8 Å². The summed E-state index contributed by atoms with van der Waals surface area (Å²) >= 11 is 0. The van der Waals surface area contributed by atoms with E-state index in [9.17, 15) is 4.79 Å². The Hall–Kier alpha value is -1.38. The van der Waals surface area contributed by atoms with Gasteiger partial charge in [0.1, 0.15) is 0 Å². The minimum atomic E-state index is -0.0818. The molecule has 1 aromatic rings. The Morgan fingerprint density at radius 1 is 1.29 bits per heavy atom. The van der Waals surface area contributed by atoms with E-state index in [1.807, 2.05) is 32.2 Å². The van der Waals surface area contributed by atoms with Crippen molar-refractivity contribution in [3.63, 3.8) is 0 Å². The van der Waals surface area contributed by atoms with Gasteiger partial charge in [-0.2, -0.15) is 4.84 Å². The lowest BCUT2D eigenvalue weighted by molar-refractivity contribution is -0.874. The maximum atomic E-state index is 12.0. The Bertz CT molecular complexity index is 409. The zero-order chi connectivity index (χ0) is 12.3. The van der Waals surface area contributed by atoms with Crippen LogP contribution in [0.3, 0.4) is 0 Å². The minimum absolute atomic E-state index is 0.0818. The smallest absolute Gasteiger partial charge is 0.244 e. The van der Waals surface area contributed by atoms with Crippen molar-refractivity contribution in [3.8, 4) is 0 Å². The molecule has 1 heterocycles. The molecule has 0 aliphatic heterocycles. The van der Waals surface area contributed by atoms with Crippen LogP contribution < -0.4 is 9.57 Å². The molecule has 1 saturated carbocycles. The monoisotopic (exact) mass is 234 g/mol. The van der Waals surface area contributed by atoms with Crippen LogP contribution in [0.2, 0.25) is 0 Å². The number of hydrogen-bond acceptors (Lipinski definition) is 2. The number of nitrogens with zero attached hydrogens (tertiary/aromatic N) is 1. The molecule has 3 nitrogen and oxygen atoms in total. The SMILES string of the molecule is Cc1cc[n+](OC(=O)C2CCCCC2)c(C)c1. The topological polar surface area (TPSA) is 30.2 Å². The third-order valence-electron chi connectivity index (χ3n) is 3.38. The molecule has 0 aromatic carbocycles. The van der Waals surface area contributed by atoms with E-state index >= 15 is 0 Å². The van der Waals surface area contributed by atoms with Crippen molar-refractivity contribution in [1.29, 1.82) is 0 Å². The van der Waals surface area contributed by atoms with Crippen LogP contribution in [0.15, 0.2) is 18.3 Å². The average molecular weight is 234 g/mol. The summed E-state index contributed by atoms with van der Waals surface area (Å²) < 4.78 is 1.57. The summed E-state index contributed by atoms with van der Waals surface area (Å²) in [6, 6.07) is 3.95. The van der Waals surface area contributed by atoms with Crippen molar-refractivity contribution in [2.45, 2.75) is 46.0 Å². The number of rotatable bonds is 2. The molecule has 0 radical (unpaired) electrons. The maximum absolute atomic E-state index is 12.0. The van der Waals surface area contributed by atoms with Gasteiger partial charge in [-0.15, -0.1) is 0 Å². The third kappa shape index (κ3) is 3.05. The van der Waals surface area contributed by atoms with Gasteiger partial charge in [0.2, 0.25) is 11.9 Å². The lowest BCUT2D eigenvalue weighted by Crippen LogP contribution is -2.50. The fourth-order valence-corrected chi connectivity index (χ4v) is 2.36. The first kappa shape index (κ1) is 12.1. The third-order valence-corrected chi connectivity index (χ3v) is 3.38. The molecular weight excluding hydrogens is 214 g/mol. The van der Waals surface area contributed by atoms with E-state index in [1.54, 1.807) is 4.73 Å². The van der Waals surface area contributed by atoms with Crippen LogP contribution in [0, 0.1) is 19.8 Å². The number of aromatic nitrogens is 1. The Kier molecular flexibility index (Phi) is 3.77. The van der Waals surface area contributed by atoms with Crippen LogP contribution in [0.1, 0.15) is 43.4 Å². The molecule has 0 unspecified atom stereocenters. The van der Waals surface area contributed by atoms with E-state index in [4.69, 9.17) is 4.84 Å². The molecule has 0 spiro atoms. The zero-order valence-electron chi connectivity index (χ0n) is 10.6. The normalized spacial score (nSPS) is 16.8. The van der Waals surface area contributed by atoms with Crippen LogP contribution in [-0.2, 0) is 4.79 Å². The summed E-state index contributed by atoms with van der Waals surface area (Å²) in [5.41, 5.74) is 2.13. The van der Waals surface area contributed by atoms with Crippen LogP contribution in [0.25, 0.3) is 0 Å². The van der Waals surface area contributed by atoms with Crippen molar-refractivity contribution in [1.82, 2.24) is 0 Å². The summed E-state index contributed by atoms with van der Waals surface area (Å²) in [6.45, 7) is 3.97. The maximum Gasteiger partial charge on any atom is 0.383 e. The second kappa shape index (κ2) is 5.30. The standard InChI is InChI=1S/C14H20NO2/c1-11-8-9-15(12(2)10-11)17-14(16)13-6-4-3-5-7-13/h8-10,13H,3-7H2,1-2H3/q+1. The molecule has 0 saturated heterocycles. The largest absolute Gasteiger partial charge is 0.383 e. The van der Waals surface area contributed by atoms with E-state index in [-0.39, 0.29) is 11.9 Å². The van der Waals surface area contributed by atoms with Gasteiger partial charge >= 0.3 is 5.97 Å². The van der Waals surface area contributed by atoms with E-state index in [0.717, 1.165) is 31.4 Å². The Labute approximate surface area is 102 Å². The predicted molar refractivity (Wildman–Crippen MR) is 64.3 cm³/mol. The lowest BCUT2D eigenvalue weighted by atomic mass is 9.89. The first-order valence-electron chi connectivity index (χ1n) is 6.38. The summed E-state index contributed by atoms with van der Waals surface area (Å²) in [6.07, 6.45) is 7.31. The van der Waals surface area contributed by atoms with E-state index in [2.05, 4.69) is 0 Å². The molecular formula is C14H20NO2+. The van der Waals surface area contributed by atoms with Crippen molar-refractivity contribution in [3.05, 3.63) is 29.6 Å². The van der Waals surface area contributed by atoms with E-state index in [1.165, 1.54) is 12.0 Å². The van der Waals surface area contributed by atoms with Crippen LogP contribution >= 0.6 is 0 Å². The van der Waals surface area contributed by atoms with Crippen LogP contribution in [0.5, 0.6) is 0 Å². The Morgan fingerprint density at radius 3 is 2.65 bits per heavy atom. The van der Waals surface area contributed by atoms with Gasteiger partial charge in [0.15, 0.2) is 0 Å². The molecule has 0 N–H and O–H groups in total. The van der Waals surface area contributed by atoms with Gasteiger partial charge in [0.05, 0.1) is 5.92 Å².